The van der Waals surface area contributed by atoms with Gasteiger partial charge in [0.15, 0.2) is 5.82 Å². The summed E-state index contributed by atoms with van der Waals surface area (Å²) in [6.45, 7) is 6.18. The Labute approximate surface area is 198 Å². The highest BCUT2D eigenvalue weighted by Crippen LogP contribution is 2.31. The zero-order valence-corrected chi connectivity index (χ0v) is 19.5. The molecule has 8 nitrogen and oxygen atoms in total. The first-order chi connectivity index (χ1) is 16.4. The van der Waals surface area contributed by atoms with E-state index in [1.165, 1.54) is 11.9 Å². The van der Waals surface area contributed by atoms with Gasteiger partial charge in [-0.1, -0.05) is 32.0 Å². The van der Waals surface area contributed by atoms with E-state index in [9.17, 15) is 4.79 Å². The number of benzene rings is 2. The van der Waals surface area contributed by atoms with Crippen LogP contribution in [0.15, 0.2) is 67.1 Å². The molecular formula is C26H26N6O2. The summed E-state index contributed by atoms with van der Waals surface area (Å²) in [5, 5.41) is 5.84. The zero-order valence-electron chi connectivity index (χ0n) is 19.5. The van der Waals surface area contributed by atoms with Crippen LogP contribution in [0.1, 0.15) is 41.3 Å². The highest BCUT2D eigenvalue weighted by Gasteiger charge is 2.15. The van der Waals surface area contributed by atoms with E-state index < -0.39 is 0 Å². The van der Waals surface area contributed by atoms with Crippen molar-refractivity contribution in [3.8, 4) is 23.0 Å². The standard InChI is InChI=1S/C26H26N6O2/c1-16(2)18-9-11-20(12-10-18)31-24(33)19-8-7-17(3)22(14-19)34-25-21(6-5-13-28-25)23-29-15-30-26(27-4)32-23/h5-16H,1-4H3,(H,31,33)(H,27,29,30,32). The second-order valence-electron chi connectivity index (χ2n) is 8.05. The number of amides is 1. The van der Waals surface area contributed by atoms with Crippen LogP contribution in [0.3, 0.4) is 0 Å². The molecule has 172 valence electrons. The molecular weight excluding hydrogens is 428 g/mol. The van der Waals surface area contributed by atoms with E-state index in [0.29, 0.717) is 40.4 Å². The SMILES string of the molecule is CNc1ncnc(-c2cccnc2Oc2cc(C(=O)Nc3ccc(C(C)C)cc3)ccc2C)n1. The Bertz CT molecular complexity index is 1300. The quantitative estimate of drug-likeness (QED) is 0.383. The lowest BCUT2D eigenvalue weighted by molar-refractivity contribution is 0.102. The number of carbonyl (C=O) groups excluding carboxylic acids is 1. The Kier molecular flexibility index (Phi) is 6.77. The predicted octanol–water partition coefficient (Wildman–Crippen LogP) is 5.45. The number of ether oxygens (including phenoxy) is 1. The van der Waals surface area contributed by atoms with Gasteiger partial charge in [0.05, 0.1) is 5.56 Å². The molecule has 0 unspecified atom stereocenters. The third kappa shape index (κ3) is 5.17. The van der Waals surface area contributed by atoms with E-state index in [4.69, 9.17) is 4.74 Å². The predicted molar refractivity (Wildman–Crippen MR) is 132 cm³/mol. The molecule has 0 aliphatic rings. The van der Waals surface area contributed by atoms with Gasteiger partial charge in [-0.25, -0.2) is 15.0 Å². The van der Waals surface area contributed by atoms with Crippen LogP contribution in [0.25, 0.3) is 11.4 Å². The molecule has 0 saturated heterocycles. The Hall–Kier alpha value is -4.33. The van der Waals surface area contributed by atoms with Gasteiger partial charge in [-0.05, 0) is 60.4 Å². The number of aromatic nitrogens is 4. The molecule has 0 aliphatic carbocycles. The lowest BCUT2D eigenvalue weighted by Crippen LogP contribution is -2.12. The molecule has 8 heteroatoms. The fourth-order valence-corrected chi connectivity index (χ4v) is 3.30. The van der Waals surface area contributed by atoms with Crippen LogP contribution in [0.5, 0.6) is 11.6 Å². The van der Waals surface area contributed by atoms with Gasteiger partial charge in [-0.15, -0.1) is 0 Å². The molecule has 2 aromatic heterocycles. The third-order valence-corrected chi connectivity index (χ3v) is 5.30. The molecule has 0 aliphatic heterocycles. The van der Waals surface area contributed by atoms with Crippen molar-refractivity contribution < 1.29 is 9.53 Å². The van der Waals surface area contributed by atoms with Crippen LogP contribution < -0.4 is 15.4 Å². The Morgan fingerprint density at radius 3 is 2.53 bits per heavy atom. The number of pyridine rings is 1. The number of carbonyl (C=O) groups is 1. The normalized spacial score (nSPS) is 10.7. The van der Waals surface area contributed by atoms with E-state index in [2.05, 4.69) is 44.4 Å². The number of hydrogen-bond donors (Lipinski definition) is 2. The summed E-state index contributed by atoms with van der Waals surface area (Å²) in [4.78, 5) is 29.9. The van der Waals surface area contributed by atoms with Gasteiger partial charge >= 0.3 is 0 Å². The third-order valence-electron chi connectivity index (χ3n) is 5.30. The summed E-state index contributed by atoms with van der Waals surface area (Å²) < 4.78 is 6.14. The second-order valence-corrected chi connectivity index (χ2v) is 8.05. The smallest absolute Gasteiger partial charge is 0.255 e. The monoisotopic (exact) mass is 454 g/mol. The molecule has 0 radical (unpaired) electrons. The van der Waals surface area contributed by atoms with Crippen LogP contribution in [0.4, 0.5) is 11.6 Å². The summed E-state index contributed by atoms with van der Waals surface area (Å²) in [6, 6.07) is 16.8. The number of nitrogens with zero attached hydrogens (tertiary/aromatic N) is 4. The topological polar surface area (TPSA) is 102 Å². The average molecular weight is 455 g/mol. The van der Waals surface area contributed by atoms with Gasteiger partial charge in [0.25, 0.3) is 5.91 Å². The van der Waals surface area contributed by atoms with E-state index in [1.54, 1.807) is 31.4 Å². The van der Waals surface area contributed by atoms with Crippen molar-refractivity contribution in [2.24, 2.45) is 0 Å². The largest absolute Gasteiger partial charge is 0.438 e. The maximum absolute atomic E-state index is 12.9. The van der Waals surface area contributed by atoms with E-state index in [-0.39, 0.29) is 5.91 Å². The van der Waals surface area contributed by atoms with Crippen molar-refractivity contribution in [1.29, 1.82) is 0 Å². The lowest BCUT2D eigenvalue weighted by atomic mass is 10.0. The molecule has 2 N–H and O–H groups in total. The first kappa shape index (κ1) is 22.8. The van der Waals surface area contributed by atoms with E-state index >= 15 is 0 Å². The maximum atomic E-state index is 12.9. The van der Waals surface area contributed by atoms with Crippen LogP contribution in [-0.2, 0) is 0 Å². The van der Waals surface area contributed by atoms with Crippen LogP contribution in [-0.4, -0.2) is 32.9 Å². The number of rotatable bonds is 7. The van der Waals surface area contributed by atoms with Crippen molar-refractivity contribution in [2.75, 3.05) is 17.7 Å². The van der Waals surface area contributed by atoms with Crippen molar-refractivity contribution in [3.05, 3.63) is 83.8 Å². The Morgan fingerprint density at radius 2 is 1.79 bits per heavy atom. The minimum atomic E-state index is -0.223. The summed E-state index contributed by atoms with van der Waals surface area (Å²) in [7, 11) is 1.73. The molecule has 0 saturated carbocycles. The molecule has 0 fully saturated rings. The Morgan fingerprint density at radius 1 is 1.00 bits per heavy atom. The first-order valence-corrected chi connectivity index (χ1v) is 11.0. The molecule has 34 heavy (non-hydrogen) atoms. The molecule has 1 amide bonds. The molecule has 4 rings (SSSR count). The molecule has 0 bridgehead atoms. The molecule has 2 aromatic carbocycles. The number of aryl methyl sites for hydroxylation is 1. The van der Waals surface area contributed by atoms with Crippen molar-refractivity contribution in [3.63, 3.8) is 0 Å². The minimum Gasteiger partial charge on any atom is -0.438 e. The first-order valence-electron chi connectivity index (χ1n) is 11.0. The molecule has 0 atom stereocenters. The maximum Gasteiger partial charge on any atom is 0.255 e. The van der Waals surface area contributed by atoms with Gasteiger partial charge in [-0.2, -0.15) is 4.98 Å². The van der Waals surface area contributed by atoms with Gasteiger partial charge in [0, 0.05) is 24.5 Å². The minimum absolute atomic E-state index is 0.223. The molecule has 2 heterocycles. The van der Waals surface area contributed by atoms with Crippen LogP contribution in [0, 0.1) is 6.92 Å². The highest BCUT2D eigenvalue weighted by atomic mass is 16.5. The summed E-state index contributed by atoms with van der Waals surface area (Å²) in [5.74, 6) is 1.93. The lowest BCUT2D eigenvalue weighted by Gasteiger charge is -2.13. The Balaban J connectivity index is 1.58. The molecule has 4 aromatic rings. The fourth-order valence-electron chi connectivity index (χ4n) is 3.30. The van der Waals surface area contributed by atoms with Gasteiger partial charge in [-0.3, -0.25) is 4.79 Å². The molecule has 0 spiro atoms. The summed E-state index contributed by atoms with van der Waals surface area (Å²) in [5.41, 5.74) is 3.90. The van der Waals surface area contributed by atoms with Crippen molar-refractivity contribution in [2.45, 2.75) is 26.7 Å². The van der Waals surface area contributed by atoms with E-state index in [0.717, 1.165) is 11.3 Å². The van der Waals surface area contributed by atoms with Crippen LogP contribution >= 0.6 is 0 Å². The summed E-state index contributed by atoms with van der Waals surface area (Å²) >= 11 is 0. The average Bonchev–Trinajstić information content (AvgIpc) is 2.86. The second kappa shape index (κ2) is 10.1. The van der Waals surface area contributed by atoms with Crippen LogP contribution in [0.2, 0.25) is 0 Å². The number of anilines is 2. The fraction of sp³-hybridized carbons (Fsp3) is 0.192. The summed E-state index contributed by atoms with van der Waals surface area (Å²) in [6.07, 6.45) is 3.06. The zero-order chi connectivity index (χ0) is 24.1. The van der Waals surface area contributed by atoms with E-state index in [1.807, 2.05) is 43.3 Å². The van der Waals surface area contributed by atoms with Crippen molar-refractivity contribution in [1.82, 2.24) is 19.9 Å². The number of nitrogens with one attached hydrogen (secondary N) is 2. The van der Waals surface area contributed by atoms with Gasteiger partial charge in [0.1, 0.15) is 12.1 Å². The van der Waals surface area contributed by atoms with Gasteiger partial charge < -0.3 is 15.4 Å². The highest BCUT2D eigenvalue weighted by molar-refractivity contribution is 6.04. The number of hydrogen-bond acceptors (Lipinski definition) is 7. The van der Waals surface area contributed by atoms with Gasteiger partial charge in [0.2, 0.25) is 11.8 Å². The van der Waals surface area contributed by atoms with Crippen molar-refractivity contribution >= 4 is 17.5 Å².